The molecule has 6 rings (SSSR count). The molecule has 0 bridgehead atoms. The van der Waals surface area contributed by atoms with E-state index < -0.39 is 17.4 Å². The van der Waals surface area contributed by atoms with Gasteiger partial charge in [0.25, 0.3) is 5.56 Å². The maximum atomic E-state index is 14.9. The Morgan fingerprint density at radius 3 is 2.88 bits per heavy atom. The topological polar surface area (TPSA) is 107 Å². The lowest BCUT2D eigenvalue weighted by Gasteiger charge is -2.31. The minimum absolute atomic E-state index is 0.0642. The predicted molar refractivity (Wildman–Crippen MR) is 120 cm³/mol. The van der Waals surface area contributed by atoms with Crippen molar-refractivity contribution in [3.8, 4) is 11.4 Å². The Balaban J connectivity index is 1.70. The molecule has 1 aromatic carbocycles. The molecule has 0 radical (unpaired) electrons. The summed E-state index contributed by atoms with van der Waals surface area (Å²) in [6.45, 7) is 5.50. The van der Waals surface area contributed by atoms with Gasteiger partial charge in [0.2, 0.25) is 0 Å². The second-order valence-electron chi connectivity index (χ2n) is 8.95. The van der Waals surface area contributed by atoms with Crippen molar-refractivity contribution in [3.63, 3.8) is 0 Å². The number of esters is 1. The van der Waals surface area contributed by atoms with Crippen LogP contribution < -0.4 is 11.3 Å². The molecule has 0 fully saturated rings. The first-order chi connectivity index (χ1) is 15.8. The zero-order chi connectivity index (χ0) is 23.2. The highest BCUT2D eigenvalue weighted by molar-refractivity contribution is 5.94. The van der Waals surface area contributed by atoms with Crippen molar-refractivity contribution in [3.05, 3.63) is 68.3 Å². The number of pyridine rings is 2. The summed E-state index contributed by atoms with van der Waals surface area (Å²) in [6, 6.07) is 2.76. The number of rotatable bonds is 2. The first-order valence-corrected chi connectivity index (χ1v) is 11.0. The van der Waals surface area contributed by atoms with Crippen LogP contribution in [-0.2, 0) is 34.7 Å². The molecule has 2 aliphatic heterocycles. The molecule has 8 heteroatoms. The van der Waals surface area contributed by atoms with Crippen LogP contribution in [0.3, 0.4) is 0 Å². The molecule has 3 aromatic rings. The van der Waals surface area contributed by atoms with E-state index in [1.54, 1.807) is 17.6 Å². The molecule has 3 aliphatic rings. The summed E-state index contributed by atoms with van der Waals surface area (Å²) >= 11 is 0. The highest BCUT2D eigenvalue weighted by Crippen LogP contribution is 2.45. The molecule has 33 heavy (non-hydrogen) atoms. The number of nitrogens with two attached hydrogens (primary N) is 1. The fourth-order valence-corrected chi connectivity index (χ4v) is 5.68. The average molecular weight is 447 g/mol. The van der Waals surface area contributed by atoms with Gasteiger partial charge in [-0.05, 0) is 36.5 Å². The van der Waals surface area contributed by atoms with E-state index in [0.717, 1.165) is 22.1 Å². The summed E-state index contributed by atoms with van der Waals surface area (Å²) in [5.74, 6) is -1.17. The third-order valence-corrected chi connectivity index (χ3v) is 7.40. The second-order valence-corrected chi connectivity index (χ2v) is 8.95. The van der Waals surface area contributed by atoms with Gasteiger partial charge in [-0.25, -0.2) is 14.2 Å². The number of aryl methyl sites for hydroxylation is 1. The third kappa shape index (κ3) is 2.42. The standard InChI is InChI=1S/C25H22FN3O4/c1-3-11-12-5-6-17(27)20-13-9-29-19(22(13)28-18(21(12)20)8-16(11)26)7-15-14(23(29)30)10-33-24(31)25(15,32)4-2/h3,7-8,17,32H,1,4-6,9-10,27H2,2H3/t17-,25+/m1/s1. The zero-order valence-electron chi connectivity index (χ0n) is 18.1. The Kier molecular flexibility index (Phi) is 4.04. The molecule has 2 aromatic heterocycles. The second kappa shape index (κ2) is 6.59. The molecule has 4 heterocycles. The van der Waals surface area contributed by atoms with E-state index >= 15 is 0 Å². The SMILES string of the molecule is C=Cc1c(F)cc2nc3c(c4c2c1CC[C@H]4N)Cn1c-3cc2c(c1=O)COC(=O)[C@]2(O)CC. The van der Waals surface area contributed by atoms with Crippen LogP contribution in [0, 0.1) is 5.82 Å². The monoisotopic (exact) mass is 447 g/mol. The zero-order valence-corrected chi connectivity index (χ0v) is 18.1. The van der Waals surface area contributed by atoms with Gasteiger partial charge >= 0.3 is 5.97 Å². The molecule has 1 aliphatic carbocycles. The minimum Gasteiger partial charge on any atom is -0.458 e. The van der Waals surface area contributed by atoms with Gasteiger partial charge in [-0.1, -0.05) is 19.6 Å². The summed E-state index contributed by atoms with van der Waals surface area (Å²) in [5.41, 5.74) is 9.32. The highest BCUT2D eigenvalue weighted by Gasteiger charge is 2.45. The van der Waals surface area contributed by atoms with Crippen LogP contribution in [0.5, 0.6) is 0 Å². The normalized spacial score (nSPS) is 22.5. The van der Waals surface area contributed by atoms with Crippen molar-refractivity contribution < 1.29 is 19.0 Å². The molecule has 7 nitrogen and oxygen atoms in total. The van der Waals surface area contributed by atoms with Gasteiger partial charge in [0.1, 0.15) is 12.4 Å². The van der Waals surface area contributed by atoms with E-state index in [4.69, 9.17) is 15.5 Å². The van der Waals surface area contributed by atoms with Gasteiger partial charge in [-0.3, -0.25) is 4.79 Å². The quantitative estimate of drug-likeness (QED) is 0.458. The Morgan fingerprint density at radius 2 is 2.15 bits per heavy atom. The summed E-state index contributed by atoms with van der Waals surface area (Å²) < 4.78 is 21.6. The Labute approximate surface area is 188 Å². The van der Waals surface area contributed by atoms with E-state index in [1.165, 1.54) is 12.1 Å². The molecule has 0 amide bonds. The maximum Gasteiger partial charge on any atom is 0.343 e. The molecular formula is C25H22FN3O4. The number of cyclic esters (lactones) is 1. The number of ether oxygens (including phenoxy) is 1. The van der Waals surface area contributed by atoms with Crippen molar-refractivity contribution in [2.45, 2.75) is 51.0 Å². The van der Waals surface area contributed by atoms with Crippen molar-refractivity contribution in [2.75, 3.05) is 0 Å². The molecule has 0 saturated carbocycles. The molecular weight excluding hydrogens is 425 g/mol. The number of hydrogen-bond donors (Lipinski definition) is 2. The van der Waals surface area contributed by atoms with Crippen LogP contribution in [0.2, 0.25) is 0 Å². The smallest absolute Gasteiger partial charge is 0.343 e. The Hall–Kier alpha value is -3.36. The molecule has 168 valence electrons. The van der Waals surface area contributed by atoms with Crippen LogP contribution >= 0.6 is 0 Å². The third-order valence-electron chi connectivity index (χ3n) is 7.40. The molecule has 3 N–H and O–H groups in total. The van der Waals surface area contributed by atoms with E-state index in [9.17, 15) is 19.1 Å². The number of aliphatic hydroxyl groups is 1. The fraction of sp³-hybridized carbons (Fsp3) is 0.320. The summed E-state index contributed by atoms with van der Waals surface area (Å²) in [5, 5.41) is 11.9. The van der Waals surface area contributed by atoms with Gasteiger partial charge in [-0.15, -0.1) is 0 Å². The molecule has 2 atom stereocenters. The first kappa shape index (κ1) is 20.3. The lowest BCUT2D eigenvalue weighted by molar-refractivity contribution is -0.172. The Morgan fingerprint density at radius 1 is 1.36 bits per heavy atom. The van der Waals surface area contributed by atoms with Crippen LogP contribution in [-0.4, -0.2) is 20.6 Å². The summed E-state index contributed by atoms with van der Waals surface area (Å²) in [4.78, 5) is 30.6. The molecule has 0 spiro atoms. The number of hydrogen-bond acceptors (Lipinski definition) is 6. The van der Waals surface area contributed by atoms with E-state index in [0.29, 0.717) is 35.3 Å². The van der Waals surface area contributed by atoms with Crippen molar-refractivity contribution in [1.82, 2.24) is 9.55 Å². The van der Waals surface area contributed by atoms with Crippen LogP contribution in [0.4, 0.5) is 4.39 Å². The largest absolute Gasteiger partial charge is 0.458 e. The molecule has 0 saturated heterocycles. The van der Waals surface area contributed by atoms with Gasteiger partial charge in [-0.2, -0.15) is 0 Å². The van der Waals surface area contributed by atoms with Crippen molar-refractivity contribution in [1.29, 1.82) is 0 Å². The van der Waals surface area contributed by atoms with Crippen LogP contribution in [0.15, 0.2) is 23.5 Å². The minimum atomic E-state index is -1.90. The van der Waals surface area contributed by atoms with E-state index in [1.807, 2.05) is 0 Å². The fourth-order valence-electron chi connectivity index (χ4n) is 5.68. The Bertz CT molecular complexity index is 1490. The van der Waals surface area contributed by atoms with Gasteiger partial charge in [0, 0.05) is 34.2 Å². The molecule has 0 unspecified atom stereocenters. The van der Waals surface area contributed by atoms with E-state index in [-0.39, 0.29) is 42.3 Å². The lowest BCUT2D eigenvalue weighted by atomic mass is 9.82. The number of fused-ring (bicyclic) bond motifs is 5. The van der Waals surface area contributed by atoms with Crippen LogP contribution in [0.1, 0.15) is 59.2 Å². The number of nitrogens with zero attached hydrogens (tertiary/aromatic N) is 2. The number of carbonyl (C=O) groups excluding carboxylic acids is 1. The van der Waals surface area contributed by atoms with Crippen molar-refractivity contribution >= 4 is 22.9 Å². The van der Waals surface area contributed by atoms with Gasteiger partial charge in [0.05, 0.1) is 29.0 Å². The van der Waals surface area contributed by atoms with Gasteiger partial charge in [0.15, 0.2) is 5.60 Å². The number of aromatic nitrogens is 2. The number of carbonyl (C=O) groups is 1. The predicted octanol–water partition coefficient (Wildman–Crippen LogP) is 2.81. The summed E-state index contributed by atoms with van der Waals surface area (Å²) in [7, 11) is 0. The average Bonchev–Trinajstić information content (AvgIpc) is 3.17. The van der Waals surface area contributed by atoms with E-state index in [2.05, 4.69) is 6.58 Å². The van der Waals surface area contributed by atoms with Crippen LogP contribution in [0.25, 0.3) is 28.4 Å². The number of benzene rings is 1. The lowest BCUT2D eigenvalue weighted by Crippen LogP contribution is -2.44. The highest BCUT2D eigenvalue weighted by atomic mass is 19.1. The van der Waals surface area contributed by atoms with Crippen molar-refractivity contribution in [2.24, 2.45) is 5.73 Å². The van der Waals surface area contributed by atoms with Gasteiger partial charge < -0.3 is 20.1 Å². The first-order valence-electron chi connectivity index (χ1n) is 11.0. The number of halogens is 1. The maximum absolute atomic E-state index is 14.9. The summed E-state index contributed by atoms with van der Waals surface area (Å²) in [6.07, 6.45) is 2.85.